The van der Waals surface area contributed by atoms with Gasteiger partial charge in [0.25, 0.3) is 5.91 Å². The number of imide groups is 1. The lowest BCUT2D eigenvalue weighted by Gasteiger charge is -2.43. The third-order valence-corrected chi connectivity index (χ3v) is 6.35. The zero-order valence-corrected chi connectivity index (χ0v) is 14.9. The van der Waals surface area contributed by atoms with Crippen LogP contribution in [-0.4, -0.2) is 37.6 Å². The van der Waals surface area contributed by atoms with Crippen molar-refractivity contribution >= 4 is 17.5 Å². The van der Waals surface area contributed by atoms with Crippen LogP contribution in [0.5, 0.6) is 5.75 Å². The summed E-state index contributed by atoms with van der Waals surface area (Å²) in [6.07, 6.45) is 7.92. The van der Waals surface area contributed by atoms with Crippen molar-refractivity contribution in [1.29, 1.82) is 0 Å². The molecule has 4 atom stereocenters. The van der Waals surface area contributed by atoms with E-state index >= 15 is 0 Å². The van der Waals surface area contributed by atoms with Crippen molar-refractivity contribution in [3.8, 4) is 5.75 Å². The molecule has 1 aromatic carbocycles. The van der Waals surface area contributed by atoms with Crippen LogP contribution < -0.4 is 14.5 Å². The van der Waals surface area contributed by atoms with Gasteiger partial charge in [0, 0.05) is 5.92 Å². The Morgan fingerprint density at radius 2 is 1.76 bits per heavy atom. The average Bonchev–Trinajstić information content (AvgIpc) is 2.95. The molecule has 5 nitrogen and oxygen atoms in total. The first-order valence-electron chi connectivity index (χ1n) is 9.55. The van der Waals surface area contributed by atoms with Gasteiger partial charge in [-0.15, -0.1) is 0 Å². The molecule has 1 N–H and O–H groups in total. The maximum Gasteiger partial charge on any atom is 0.292 e. The third kappa shape index (κ3) is 2.95. The Balaban J connectivity index is 1.55. The molecule has 1 saturated carbocycles. The van der Waals surface area contributed by atoms with Gasteiger partial charge in [0.2, 0.25) is 5.91 Å². The van der Waals surface area contributed by atoms with Crippen LogP contribution in [0.2, 0.25) is 0 Å². The summed E-state index contributed by atoms with van der Waals surface area (Å²) in [5.41, 5.74) is 0.662. The van der Waals surface area contributed by atoms with E-state index in [0.29, 0.717) is 18.2 Å². The van der Waals surface area contributed by atoms with Crippen LogP contribution in [0.15, 0.2) is 24.3 Å². The van der Waals surface area contributed by atoms with Gasteiger partial charge in [-0.25, -0.2) is 4.90 Å². The standard InChI is InChI=1S/C20H26N2O3/c1-25-16-10-8-15(9-11-16)22-19(23)13-18(20(22)24)21-12-4-6-14-5-2-3-7-17(14)21/h8-11,14,17-18H,2-7,12-13H2,1H3/p+1/t14-,17+,18-/m1/s1. The van der Waals surface area contributed by atoms with E-state index in [0.717, 1.165) is 18.2 Å². The quantitative estimate of drug-likeness (QED) is 0.848. The number of nitrogens with one attached hydrogen (secondary N) is 1. The summed E-state index contributed by atoms with van der Waals surface area (Å²) in [6, 6.07) is 7.57. The highest BCUT2D eigenvalue weighted by molar-refractivity contribution is 6.21. The normalized spacial score (nSPS) is 32.6. The summed E-state index contributed by atoms with van der Waals surface area (Å²) < 4.78 is 5.17. The first kappa shape index (κ1) is 16.6. The maximum absolute atomic E-state index is 13.1. The molecule has 0 radical (unpaired) electrons. The van der Waals surface area contributed by atoms with Gasteiger partial charge in [0.05, 0.1) is 31.8 Å². The summed E-state index contributed by atoms with van der Waals surface area (Å²) in [6.45, 7) is 1.03. The van der Waals surface area contributed by atoms with Crippen LogP contribution >= 0.6 is 0 Å². The predicted octanol–water partition coefficient (Wildman–Crippen LogP) is 1.56. The van der Waals surface area contributed by atoms with Crippen LogP contribution in [0.25, 0.3) is 0 Å². The Morgan fingerprint density at radius 1 is 1.04 bits per heavy atom. The number of benzene rings is 1. The van der Waals surface area contributed by atoms with Gasteiger partial charge >= 0.3 is 0 Å². The molecular weight excluding hydrogens is 316 g/mol. The number of nitrogens with zero attached hydrogens (tertiary/aromatic N) is 1. The number of rotatable bonds is 3. The number of carbonyl (C=O) groups is 2. The van der Waals surface area contributed by atoms with Crippen molar-refractivity contribution < 1.29 is 19.2 Å². The first-order chi connectivity index (χ1) is 12.2. The molecule has 134 valence electrons. The number of fused-ring (bicyclic) bond motifs is 1. The smallest absolute Gasteiger partial charge is 0.292 e. The SMILES string of the molecule is COc1ccc(N2C(=O)C[C@@H]([NH+]3CCC[C@H]4CCCC[C@@H]43)C2=O)cc1. The minimum atomic E-state index is -0.194. The topological polar surface area (TPSA) is 51.0 Å². The Labute approximate surface area is 148 Å². The molecule has 2 aliphatic heterocycles. The van der Waals surface area contributed by atoms with Crippen LogP contribution in [0.1, 0.15) is 44.9 Å². The van der Waals surface area contributed by atoms with Gasteiger partial charge in [-0.05, 0) is 56.4 Å². The molecule has 0 aromatic heterocycles. The highest BCUT2D eigenvalue weighted by Crippen LogP contribution is 2.30. The van der Waals surface area contributed by atoms with Crippen molar-refractivity contribution in [1.82, 2.24) is 0 Å². The lowest BCUT2D eigenvalue weighted by molar-refractivity contribution is -0.950. The molecule has 1 aromatic rings. The molecule has 4 rings (SSSR count). The lowest BCUT2D eigenvalue weighted by atomic mass is 9.77. The summed E-state index contributed by atoms with van der Waals surface area (Å²) >= 11 is 0. The number of ether oxygens (including phenoxy) is 1. The van der Waals surface area contributed by atoms with Gasteiger partial charge in [0.15, 0.2) is 6.04 Å². The van der Waals surface area contributed by atoms with E-state index in [1.165, 1.54) is 48.3 Å². The summed E-state index contributed by atoms with van der Waals surface area (Å²) in [5, 5.41) is 0. The number of hydrogen-bond acceptors (Lipinski definition) is 3. The van der Waals surface area contributed by atoms with E-state index in [1.54, 1.807) is 31.4 Å². The molecule has 2 amide bonds. The number of anilines is 1. The minimum absolute atomic E-state index is 0.0172. The monoisotopic (exact) mass is 343 g/mol. The van der Waals surface area contributed by atoms with Gasteiger partial charge in [-0.2, -0.15) is 0 Å². The fraction of sp³-hybridized carbons (Fsp3) is 0.600. The van der Waals surface area contributed by atoms with Gasteiger partial charge in [-0.3, -0.25) is 9.59 Å². The number of quaternary nitrogens is 1. The molecule has 0 bridgehead atoms. The number of carbonyl (C=O) groups excluding carboxylic acids is 2. The molecule has 1 aliphatic carbocycles. The Morgan fingerprint density at radius 3 is 2.52 bits per heavy atom. The van der Waals surface area contributed by atoms with Gasteiger partial charge in [-0.1, -0.05) is 6.42 Å². The Kier molecular flexibility index (Phi) is 4.50. The van der Waals surface area contributed by atoms with Crippen molar-refractivity contribution in [3.05, 3.63) is 24.3 Å². The molecule has 5 heteroatoms. The minimum Gasteiger partial charge on any atom is -0.497 e. The zero-order valence-electron chi connectivity index (χ0n) is 14.9. The molecular formula is C20H27N2O3+. The van der Waals surface area contributed by atoms with E-state index < -0.39 is 0 Å². The van der Waals surface area contributed by atoms with E-state index in [4.69, 9.17) is 4.74 Å². The number of piperidine rings is 1. The Hall–Kier alpha value is -1.88. The molecule has 25 heavy (non-hydrogen) atoms. The zero-order chi connectivity index (χ0) is 17.4. The van der Waals surface area contributed by atoms with E-state index in [-0.39, 0.29) is 17.9 Å². The largest absolute Gasteiger partial charge is 0.497 e. The maximum atomic E-state index is 13.1. The van der Waals surface area contributed by atoms with Gasteiger partial charge < -0.3 is 9.64 Å². The van der Waals surface area contributed by atoms with Crippen LogP contribution in [0.4, 0.5) is 5.69 Å². The van der Waals surface area contributed by atoms with E-state index in [9.17, 15) is 9.59 Å². The molecule has 2 saturated heterocycles. The number of hydrogen-bond donors (Lipinski definition) is 1. The summed E-state index contributed by atoms with van der Waals surface area (Å²) in [7, 11) is 1.61. The highest BCUT2D eigenvalue weighted by atomic mass is 16.5. The molecule has 0 spiro atoms. The van der Waals surface area contributed by atoms with E-state index in [1.807, 2.05) is 0 Å². The summed E-state index contributed by atoms with van der Waals surface area (Å²) in [4.78, 5) is 28.5. The Bertz CT molecular complexity index is 655. The van der Waals surface area contributed by atoms with E-state index in [2.05, 4.69) is 0 Å². The average molecular weight is 343 g/mol. The fourth-order valence-electron chi connectivity index (χ4n) is 5.15. The van der Waals surface area contributed by atoms with Crippen LogP contribution in [0, 0.1) is 5.92 Å². The molecule has 3 fully saturated rings. The fourth-order valence-corrected chi connectivity index (χ4v) is 5.15. The number of amides is 2. The first-order valence-corrected chi connectivity index (χ1v) is 9.55. The third-order valence-electron chi connectivity index (χ3n) is 6.35. The molecule has 2 heterocycles. The number of methoxy groups -OCH3 is 1. The lowest BCUT2D eigenvalue weighted by Crippen LogP contribution is -3.21. The van der Waals surface area contributed by atoms with Gasteiger partial charge in [0.1, 0.15) is 5.75 Å². The van der Waals surface area contributed by atoms with Crippen molar-refractivity contribution in [3.63, 3.8) is 0 Å². The van der Waals surface area contributed by atoms with Crippen LogP contribution in [0.3, 0.4) is 0 Å². The second-order valence-corrected chi connectivity index (χ2v) is 7.64. The molecule has 1 unspecified atom stereocenters. The van der Waals surface area contributed by atoms with Crippen molar-refractivity contribution in [2.45, 2.75) is 57.0 Å². The molecule has 3 aliphatic rings. The van der Waals surface area contributed by atoms with Crippen LogP contribution in [-0.2, 0) is 9.59 Å². The van der Waals surface area contributed by atoms with Crippen molar-refractivity contribution in [2.24, 2.45) is 5.92 Å². The summed E-state index contributed by atoms with van der Waals surface area (Å²) in [5.74, 6) is 1.39. The second kappa shape index (κ2) is 6.79. The second-order valence-electron chi connectivity index (χ2n) is 7.64. The predicted molar refractivity (Wildman–Crippen MR) is 94.7 cm³/mol. The highest BCUT2D eigenvalue weighted by Gasteiger charge is 2.50. The van der Waals surface area contributed by atoms with Crippen molar-refractivity contribution in [2.75, 3.05) is 18.6 Å². The number of likely N-dealkylation sites (tertiary alicyclic amines) is 1.